The highest BCUT2D eigenvalue weighted by atomic mass is 35.5. The number of pyridine rings is 1. The van der Waals surface area contributed by atoms with E-state index in [4.69, 9.17) is 27.9 Å². The van der Waals surface area contributed by atoms with Crippen molar-refractivity contribution in [2.75, 3.05) is 0 Å². The van der Waals surface area contributed by atoms with E-state index in [0.29, 0.717) is 26.9 Å². The van der Waals surface area contributed by atoms with Gasteiger partial charge in [0.25, 0.3) is 5.91 Å². The molecule has 0 aliphatic heterocycles. The molecule has 0 aliphatic carbocycles. The van der Waals surface area contributed by atoms with E-state index in [9.17, 15) is 14.7 Å². The summed E-state index contributed by atoms with van der Waals surface area (Å²) in [5.41, 5.74) is 1.72. The predicted octanol–water partition coefficient (Wildman–Crippen LogP) is 4.39. The monoisotopic (exact) mass is 444 g/mol. The molecule has 0 bridgehead atoms. The summed E-state index contributed by atoms with van der Waals surface area (Å²) in [6.45, 7) is 0.205. The molecule has 2 aromatic carbocycles. The molecule has 0 unspecified atom stereocenters. The Morgan fingerprint density at radius 1 is 1.03 bits per heavy atom. The number of aromatic nitrogens is 1. The van der Waals surface area contributed by atoms with Crippen LogP contribution in [0.1, 0.15) is 21.5 Å². The van der Waals surface area contributed by atoms with Gasteiger partial charge >= 0.3 is 5.97 Å². The third-order valence-corrected chi connectivity index (χ3v) is 5.04. The highest BCUT2D eigenvalue weighted by Gasteiger charge is 2.21. The average molecular weight is 445 g/mol. The fourth-order valence-corrected chi connectivity index (χ4v) is 3.23. The third kappa shape index (κ3) is 5.72. The second-order valence-corrected chi connectivity index (χ2v) is 7.26. The van der Waals surface area contributed by atoms with Crippen molar-refractivity contribution in [3.05, 3.63) is 93.7 Å². The van der Waals surface area contributed by atoms with E-state index in [-0.39, 0.29) is 13.0 Å². The molecule has 6 nitrogen and oxygen atoms in total. The minimum Gasteiger partial charge on any atom is -0.489 e. The smallest absolute Gasteiger partial charge is 0.326 e. The quantitative estimate of drug-likeness (QED) is 0.537. The van der Waals surface area contributed by atoms with Gasteiger partial charge in [-0.2, -0.15) is 0 Å². The van der Waals surface area contributed by atoms with E-state index < -0.39 is 17.9 Å². The maximum atomic E-state index is 12.2. The summed E-state index contributed by atoms with van der Waals surface area (Å²) in [5, 5.41) is 13.0. The van der Waals surface area contributed by atoms with Crippen LogP contribution in [0.5, 0.6) is 5.75 Å². The molecule has 0 saturated heterocycles. The van der Waals surface area contributed by atoms with Crippen LogP contribution in [-0.2, 0) is 17.8 Å². The van der Waals surface area contributed by atoms with Crippen molar-refractivity contribution in [2.45, 2.75) is 19.1 Å². The molecule has 0 aliphatic rings. The number of ether oxygens (including phenoxy) is 1. The molecular formula is C22H18Cl2N2O4. The molecule has 3 rings (SSSR count). The number of amides is 1. The van der Waals surface area contributed by atoms with Crippen LogP contribution in [0, 0.1) is 0 Å². The number of hydrogen-bond acceptors (Lipinski definition) is 4. The van der Waals surface area contributed by atoms with Crippen molar-refractivity contribution >= 4 is 35.1 Å². The predicted molar refractivity (Wildman–Crippen MR) is 114 cm³/mol. The van der Waals surface area contributed by atoms with E-state index in [1.807, 2.05) is 0 Å². The molecule has 30 heavy (non-hydrogen) atoms. The summed E-state index contributed by atoms with van der Waals surface area (Å²) in [6.07, 6.45) is 3.04. The van der Waals surface area contributed by atoms with Crippen molar-refractivity contribution in [3.63, 3.8) is 0 Å². The Hall–Kier alpha value is -3.09. The Kier molecular flexibility index (Phi) is 7.27. The largest absolute Gasteiger partial charge is 0.489 e. The number of nitrogens with zero attached hydrogens (tertiary/aromatic N) is 1. The van der Waals surface area contributed by atoms with Crippen LogP contribution in [0.2, 0.25) is 10.0 Å². The molecule has 154 valence electrons. The molecule has 1 aromatic heterocycles. The molecule has 0 saturated carbocycles. The lowest BCUT2D eigenvalue weighted by Gasteiger charge is -2.15. The first kappa shape index (κ1) is 21.6. The molecule has 2 N–H and O–H groups in total. The first-order valence-corrected chi connectivity index (χ1v) is 9.78. The number of carboxylic acids is 1. The normalized spacial score (nSPS) is 11.5. The van der Waals surface area contributed by atoms with Gasteiger partial charge in [0, 0.05) is 34.4 Å². The number of hydrogen-bond donors (Lipinski definition) is 2. The summed E-state index contributed by atoms with van der Waals surface area (Å²) in [4.78, 5) is 27.7. The highest BCUT2D eigenvalue weighted by molar-refractivity contribution is 6.35. The first-order valence-electron chi connectivity index (χ1n) is 9.02. The van der Waals surface area contributed by atoms with Crippen LogP contribution < -0.4 is 10.1 Å². The number of benzene rings is 2. The molecular weight excluding hydrogens is 427 g/mol. The maximum Gasteiger partial charge on any atom is 0.326 e. The second kappa shape index (κ2) is 10.1. The topological polar surface area (TPSA) is 88.5 Å². The zero-order chi connectivity index (χ0) is 21.5. The van der Waals surface area contributed by atoms with Gasteiger partial charge < -0.3 is 15.2 Å². The Balaban J connectivity index is 1.61. The van der Waals surface area contributed by atoms with Crippen LogP contribution in [-0.4, -0.2) is 28.0 Å². The van der Waals surface area contributed by atoms with Gasteiger partial charge in [-0.1, -0.05) is 41.4 Å². The number of halogens is 2. The van der Waals surface area contributed by atoms with E-state index in [1.165, 1.54) is 12.4 Å². The summed E-state index contributed by atoms with van der Waals surface area (Å²) >= 11 is 12.3. The van der Waals surface area contributed by atoms with Crippen LogP contribution in [0.15, 0.2) is 67.0 Å². The second-order valence-electron chi connectivity index (χ2n) is 6.44. The lowest BCUT2D eigenvalue weighted by molar-refractivity contribution is -0.139. The van der Waals surface area contributed by atoms with E-state index in [1.54, 1.807) is 54.6 Å². The van der Waals surface area contributed by atoms with Gasteiger partial charge in [0.1, 0.15) is 18.4 Å². The molecule has 0 spiro atoms. The molecule has 1 heterocycles. The Morgan fingerprint density at radius 2 is 1.73 bits per heavy atom. The van der Waals surface area contributed by atoms with Gasteiger partial charge in [-0.05, 0) is 42.0 Å². The zero-order valence-electron chi connectivity index (χ0n) is 15.7. The SMILES string of the molecule is O=C(N[C@@H](Cc1ccc(OCc2c(Cl)cccc2Cl)cc1)C(=O)O)c1cccnc1. The standard InChI is InChI=1S/C22H18Cl2N2O4/c23-18-4-1-5-19(24)17(18)13-30-16-8-6-14(7-9-16)11-20(22(28)29)26-21(27)15-3-2-10-25-12-15/h1-10,12,20H,11,13H2,(H,26,27)(H,28,29)/t20-/m0/s1. The van der Waals surface area contributed by atoms with Crippen LogP contribution >= 0.6 is 23.2 Å². The minimum atomic E-state index is -1.12. The van der Waals surface area contributed by atoms with Gasteiger partial charge in [-0.25, -0.2) is 4.79 Å². The summed E-state index contributed by atoms with van der Waals surface area (Å²) in [7, 11) is 0. The number of nitrogens with one attached hydrogen (secondary N) is 1. The van der Waals surface area contributed by atoms with Crippen LogP contribution in [0.3, 0.4) is 0 Å². The van der Waals surface area contributed by atoms with Gasteiger partial charge in [-0.3, -0.25) is 9.78 Å². The molecule has 1 atom stereocenters. The number of rotatable bonds is 8. The van der Waals surface area contributed by atoms with Crippen molar-refractivity contribution in [1.29, 1.82) is 0 Å². The number of carbonyl (C=O) groups is 2. The molecule has 1 amide bonds. The van der Waals surface area contributed by atoms with E-state index in [0.717, 1.165) is 5.56 Å². The van der Waals surface area contributed by atoms with E-state index in [2.05, 4.69) is 10.3 Å². The van der Waals surface area contributed by atoms with Crippen molar-refractivity contribution in [3.8, 4) is 5.75 Å². The Bertz CT molecular complexity index is 1010. The molecule has 3 aromatic rings. The van der Waals surface area contributed by atoms with Crippen LogP contribution in [0.25, 0.3) is 0 Å². The molecule has 0 radical (unpaired) electrons. The Labute approximate surface area is 183 Å². The lowest BCUT2D eigenvalue weighted by Crippen LogP contribution is -2.42. The van der Waals surface area contributed by atoms with Gasteiger partial charge in [0.05, 0.1) is 5.56 Å². The summed E-state index contributed by atoms with van der Waals surface area (Å²) in [5.74, 6) is -1.03. The fraction of sp³-hybridized carbons (Fsp3) is 0.136. The maximum absolute atomic E-state index is 12.2. The molecule has 8 heteroatoms. The highest BCUT2D eigenvalue weighted by Crippen LogP contribution is 2.26. The van der Waals surface area contributed by atoms with Crippen LogP contribution in [0.4, 0.5) is 0 Å². The van der Waals surface area contributed by atoms with Gasteiger partial charge in [0.2, 0.25) is 0 Å². The number of carboxylic acid groups (broad SMARTS) is 1. The lowest BCUT2D eigenvalue weighted by atomic mass is 10.1. The van der Waals surface area contributed by atoms with Crippen molar-refractivity contribution in [1.82, 2.24) is 10.3 Å². The molecule has 0 fully saturated rings. The summed E-state index contributed by atoms with van der Waals surface area (Å²) in [6, 6.07) is 14.3. The third-order valence-electron chi connectivity index (χ3n) is 4.34. The summed E-state index contributed by atoms with van der Waals surface area (Å²) < 4.78 is 5.72. The Morgan fingerprint density at radius 3 is 2.33 bits per heavy atom. The number of aliphatic carboxylic acids is 1. The zero-order valence-corrected chi connectivity index (χ0v) is 17.2. The first-order chi connectivity index (χ1) is 14.4. The van der Waals surface area contributed by atoms with E-state index >= 15 is 0 Å². The fourth-order valence-electron chi connectivity index (χ4n) is 2.72. The average Bonchev–Trinajstić information content (AvgIpc) is 2.74. The van der Waals surface area contributed by atoms with Crippen molar-refractivity contribution in [2.24, 2.45) is 0 Å². The minimum absolute atomic E-state index is 0.123. The number of carbonyl (C=O) groups excluding carboxylic acids is 1. The van der Waals surface area contributed by atoms with Gasteiger partial charge in [-0.15, -0.1) is 0 Å². The van der Waals surface area contributed by atoms with Crippen molar-refractivity contribution < 1.29 is 19.4 Å². The van der Waals surface area contributed by atoms with Gasteiger partial charge in [0.15, 0.2) is 0 Å².